The van der Waals surface area contributed by atoms with Crippen molar-refractivity contribution in [2.24, 2.45) is 23.1 Å². The second kappa shape index (κ2) is 23.2. The zero-order valence-corrected chi connectivity index (χ0v) is 26.1. The normalized spacial score (nSPS) is 14.8. The molecule has 0 rings (SSSR count). The number of Topliss-reactive ketones (excluding diaryl/α,β-unsaturated/α-hetero) is 1. The number of carbonyl (C=O) groups excluding carboxylic acids is 1. The van der Waals surface area contributed by atoms with Crippen LogP contribution in [0.1, 0.15) is 131 Å². The van der Waals surface area contributed by atoms with Crippen molar-refractivity contribution in [3.05, 3.63) is 0 Å². The Bertz CT molecular complexity index is 782. The third-order valence-electron chi connectivity index (χ3n) is 7.18. The maximum absolute atomic E-state index is 11.6. The SMILES string of the molecule is CCC(N)(C(=O)O)C(=O)C(N)C(C)C.CCCCCCCCCCCCCCC(N)(CC)C(=O)O.O=C(O)C(F)(F)F. The topological polar surface area (TPSA) is 207 Å². The van der Waals surface area contributed by atoms with Gasteiger partial charge in [0.15, 0.2) is 11.3 Å². The van der Waals surface area contributed by atoms with Crippen LogP contribution in [-0.2, 0) is 19.2 Å². The van der Waals surface area contributed by atoms with Crippen LogP contribution in [-0.4, -0.2) is 62.3 Å². The highest BCUT2D eigenvalue weighted by Gasteiger charge is 2.43. The van der Waals surface area contributed by atoms with Crippen LogP contribution in [0.2, 0.25) is 0 Å². The third kappa shape index (κ3) is 19.8. The summed E-state index contributed by atoms with van der Waals surface area (Å²) >= 11 is 0. The van der Waals surface area contributed by atoms with E-state index < -0.39 is 47.0 Å². The van der Waals surface area contributed by atoms with Gasteiger partial charge in [0.05, 0.1) is 6.04 Å². The van der Waals surface area contributed by atoms with Crippen molar-refractivity contribution < 1.29 is 47.7 Å². The zero-order chi connectivity index (χ0) is 33.6. The molecule has 0 amide bonds. The van der Waals surface area contributed by atoms with E-state index >= 15 is 0 Å². The summed E-state index contributed by atoms with van der Waals surface area (Å²) in [4.78, 5) is 42.4. The van der Waals surface area contributed by atoms with Crippen molar-refractivity contribution in [2.45, 2.75) is 154 Å². The summed E-state index contributed by atoms with van der Waals surface area (Å²) < 4.78 is 31.7. The van der Waals surface area contributed by atoms with E-state index in [4.69, 9.17) is 37.3 Å². The summed E-state index contributed by atoms with van der Waals surface area (Å²) in [6.45, 7) is 9.17. The summed E-state index contributed by atoms with van der Waals surface area (Å²) in [5.74, 6) is -5.65. The van der Waals surface area contributed by atoms with Gasteiger partial charge in [0.2, 0.25) is 0 Å². The van der Waals surface area contributed by atoms with E-state index in [1.807, 2.05) is 6.92 Å². The number of rotatable bonds is 20. The lowest BCUT2D eigenvalue weighted by molar-refractivity contribution is -0.192. The molecule has 0 spiro atoms. The van der Waals surface area contributed by atoms with Crippen molar-refractivity contribution in [3.8, 4) is 0 Å². The van der Waals surface area contributed by atoms with Crippen molar-refractivity contribution in [1.29, 1.82) is 0 Å². The summed E-state index contributed by atoms with van der Waals surface area (Å²) in [5, 5.41) is 25.0. The number of halogens is 3. The molecular weight excluding hydrogens is 559 g/mol. The van der Waals surface area contributed by atoms with Gasteiger partial charge in [0, 0.05) is 0 Å². The molecule has 250 valence electrons. The lowest BCUT2D eigenvalue weighted by Gasteiger charge is -2.26. The Morgan fingerprint density at radius 3 is 1.24 bits per heavy atom. The van der Waals surface area contributed by atoms with E-state index in [2.05, 4.69) is 6.92 Å². The van der Waals surface area contributed by atoms with Crippen molar-refractivity contribution in [3.63, 3.8) is 0 Å². The number of alkyl halides is 3. The van der Waals surface area contributed by atoms with E-state index in [0.717, 1.165) is 12.8 Å². The van der Waals surface area contributed by atoms with Crippen LogP contribution >= 0.6 is 0 Å². The number of hydrogen-bond donors (Lipinski definition) is 6. The van der Waals surface area contributed by atoms with E-state index in [1.165, 1.54) is 64.2 Å². The maximum atomic E-state index is 11.6. The Kier molecular flexibility index (Phi) is 24.4. The van der Waals surface area contributed by atoms with Crippen LogP contribution in [0.5, 0.6) is 0 Å². The predicted octanol–water partition coefficient (Wildman–Crippen LogP) is 5.63. The molecule has 0 saturated carbocycles. The first-order valence-corrected chi connectivity index (χ1v) is 14.9. The molecule has 13 heteroatoms. The van der Waals surface area contributed by atoms with Crippen molar-refractivity contribution in [1.82, 2.24) is 0 Å². The molecule has 42 heavy (non-hydrogen) atoms. The summed E-state index contributed by atoms with van der Waals surface area (Å²) in [6.07, 6.45) is 11.6. The van der Waals surface area contributed by atoms with Gasteiger partial charge in [-0.1, -0.05) is 112 Å². The quantitative estimate of drug-likeness (QED) is 0.0734. The van der Waals surface area contributed by atoms with Gasteiger partial charge in [0.1, 0.15) is 5.54 Å². The first kappa shape index (κ1) is 44.2. The minimum atomic E-state index is -5.08. The average Bonchev–Trinajstić information content (AvgIpc) is 2.91. The number of unbranched alkanes of at least 4 members (excludes halogenated alkanes) is 11. The number of carboxylic acid groups (broad SMARTS) is 3. The second-order valence-corrected chi connectivity index (χ2v) is 11.0. The summed E-state index contributed by atoms with van der Waals surface area (Å²) in [7, 11) is 0. The summed E-state index contributed by atoms with van der Waals surface area (Å²) in [5.41, 5.74) is 14.1. The smallest absolute Gasteiger partial charge is 0.480 e. The summed E-state index contributed by atoms with van der Waals surface area (Å²) in [6, 6.07) is -0.823. The van der Waals surface area contributed by atoms with Gasteiger partial charge in [-0.3, -0.25) is 9.59 Å². The Hall–Kier alpha value is -2.25. The molecule has 9 N–H and O–H groups in total. The first-order valence-electron chi connectivity index (χ1n) is 14.9. The zero-order valence-electron chi connectivity index (χ0n) is 26.1. The third-order valence-corrected chi connectivity index (χ3v) is 7.18. The van der Waals surface area contributed by atoms with E-state index in [0.29, 0.717) is 12.8 Å². The maximum Gasteiger partial charge on any atom is 0.490 e. The lowest BCUT2D eigenvalue weighted by atomic mass is 9.84. The molecule has 0 bridgehead atoms. The highest BCUT2D eigenvalue weighted by Crippen LogP contribution is 2.18. The molecule has 0 aliphatic carbocycles. The van der Waals surface area contributed by atoms with Crippen molar-refractivity contribution >= 4 is 23.7 Å². The van der Waals surface area contributed by atoms with Crippen LogP contribution in [0.3, 0.4) is 0 Å². The van der Waals surface area contributed by atoms with Gasteiger partial charge in [-0.05, 0) is 25.2 Å². The Labute approximate surface area is 249 Å². The predicted molar refractivity (Wildman–Crippen MR) is 157 cm³/mol. The largest absolute Gasteiger partial charge is 0.490 e. The Balaban J connectivity index is -0.000000619. The number of carboxylic acids is 3. The van der Waals surface area contributed by atoms with Crippen LogP contribution in [0, 0.1) is 5.92 Å². The van der Waals surface area contributed by atoms with Crippen molar-refractivity contribution in [2.75, 3.05) is 0 Å². The molecule has 0 aromatic carbocycles. The molecule has 3 unspecified atom stereocenters. The van der Waals surface area contributed by atoms with Gasteiger partial charge in [-0.15, -0.1) is 0 Å². The molecule has 0 aromatic heterocycles. The highest BCUT2D eigenvalue weighted by atomic mass is 19.4. The van der Waals surface area contributed by atoms with Crippen LogP contribution in [0.4, 0.5) is 13.2 Å². The fraction of sp³-hybridized carbons (Fsp3) is 0.862. The number of ketones is 1. The van der Waals surface area contributed by atoms with Gasteiger partial charge in [0.25, 0.3) is 0 Å². The molecule has 0 aliphatic heterocycles. The minimum Gasteiger partial charge on any atom is -0.480 e. The van der Waals surface area contributed by atoms with E-state index in [9.17, 15) is 27.6 Å². The number of nitrogens with two attached hydrogens (primary N) is 3. The fourth-order valence-corrected chi connectivity index (χ4v) is 3.75. The standard InChI is InChI=1S/C18H37NO2.C9H18N2O3.C2HF3O2/c1-3-5-6-7-8-9-10-11-12-13-14-15-16-18(19,4-2)17(20)21;1-4-9(11,8(13)14)7(12)6(10)5(2)3;3-2(4,5)1(6)7/h3-16,19H2,1-2H3,(H,20,21);5-6H,4,10-11H2,1-3H3,(H,13,14);(H,6,7). The van der Waals surface area contributed by atoms with Gasteiger partial charge in [-0.25, -0.2) is 9.59 Å². The minimum absolute atomic E-state index is 0.0432. The van der Waals surface area contributed by atoms with Crippen LogP contribution < -0.4 is 17.2 Å². The molecular formula is C29H56F3N3O7. The van der Waals surface area contributed by atoms with Gasteiger partial charge in [-0.2, -0.15) is 13.2 Å². The number of hydrogen-bond acceptors (Lipinski definition) is 7. The number of carbonyl (C=O) groups is 4. The van der Waals surface area contributed by atoms with Gasteiger partial charge < -0.3 is 32.5 Å². The number of aliphatic carboxylic acids is 3. The van der Waals surface area contributed by atoms with E-state index in [1.54, 1.807) is 20.8 Å². The fourth-order valence-electron chi connectivity index (χ4n) is 3.75. The second-order valence-electron chi connectivity index (χ2n) is 11.0. The monoisotopic (exact) mass is 615 g/mol. The first-order chi connectivity index (χ1) is 19.3. The molecule has 10 nitrogen and oxygen atoms in total. The molecule has 0 aromatic rings. The van der Waals surface area contributed by atoms with Crippen LogP contribution in [0.15, 0.2) is 0 Å². The molecule has 0 fully saturated rings. The van der Waals surface area contributed by atoms with Crippen LogP contribution in [0.25, 0.3) is 0 Å². The highest BCUT2D eigenvalue weighted by molar-refractivity contribution is 6.09. The van der Waals surface area contributed by atoms with Gasteiger partial charge >= 0.3 is 24.1 Å². The Morgan fingerprint density at radius 2 is 1.00 bits per heavy atom. The molecule has 3 atom stereocenters. The Morgan fingerprint density at radius 1 is 0.643 bits per heavy atom. The molecule has 0 radical (unpaired) electrons. The lowest BCUT2D eigenvalue weighted by Crippen LogP contribution is -2.60. The van der Waals surface area contributed by atoms with E-state index in [-0.39, 0.29) is 12.3 Å². The molecule has 0 heterocycles. The molecule has 0 saturated heterocycles. The average molecular weight is 616 g/mol. The molecule has 0 aliphatic rings.